The van der Waals surface area contributed by atoms with Gasteiger partial charge in [0.25, 0.3) is 0 Å². The van der Waals surface area contributed by atoms with Crippen LogP contribution < -0.4 is 5.73 Å². The molecule has 4 heteroatoms. The molecule has 0 aliphatic carbocycles. The molecule has 0 amide bonds. The lowest BCUT2D eigenvalue weighted by molar-refractivity contribution is 0.327. The first-order chi connectivity index (χ1) is 9.17. The average Bonchev–Trinajstić information content (AvgIpc) is 2.82. The van der Waals surface area contributed by atoms with E-state index in [4.69, 9.17) is 5.73 Å². The Hall–Kier alpha value is -1.81. The molecule has 0 saturated carbocycles. The summed E-state index contributed by atoms with van der Waals surface area (Å²) in [5, 5.41) is 6.87. The van der Waals surface area contributed by atoms with Gasteiger partial charge in [0.2, 0.25) is 0 Å². The van der Waals surface area contributed by atoms with Gasteiger partial charge in [0, 0.05) is 19.2 Å². The van der Waals surface area contributed by atoms with Crippen LogP contribution in [0.3, 0.4) is 0 Å². The number of anilines is 1. The third-order valence-corrected chi connectivity index (χ3v) is 3.30. The van der Waals surface area contributed by atoms with Gasteiger partial charge >= 0.3 is 0 Å². The average molecular weight is 258 g/mol. The zero-order chi connectivity index (χ0) is 13.7. The van der Waals surface area contributed by atoms with E-state index in [0.29, 0.717) is 5.82 Å². The molecular formula is C15H22N4. The number of aryl methyl sites for hydroxylation is 1. The summed E-state index contributed by atoms with van der Waals surface area (Å²) >= 11 is 0. The predicted molar refractivity (Wildman–Crippen MR) is 78.9 cm³/mol. The molecule has 1 aromatic heterocycles. The second kappa shape index (κ2) is 6.38. The van der Waals surface area contributed by atoms with E-state index < -0.39 is 0 Å². The molecule has 0 unspecified atom stereocenters. The highest BCUT2D eigenvalue weighted by atomic mass is 15.2. The Morgan fingerprint density at radius 2 is 1.89 bits per heavy atom. The molecule has 19 heavy (non-hydrogen) atoms. The molecule has 1 aromatic carbocycles. The number of rotatable bonds is 6. The molecule has 0 radical (unpaired) electrons. The van der Waals surface area contributed by atoms with Crippen molar-refractivity contribution in [1.82, 2.24) is 15.1 Å². The van der Waals surface area contributed by atoms with Crippen molar-refractivity contribution in [2.24, 2.45) is 0 Å². The molecule has 2 aromatic rings. The number of aromatic nitrogens is 2. The van der Waals surface area contributed by atoms with E-state index in [0.717, 1.165) is 31.6 Å². The summed E-state index contributed by atoms with van der Waals surface area (Å²) < 4.78 is 0. The Kier molecular flexibility index (Phi) is 4.58. The topological polar surface area (TPSA) is 57.9 Å². The summed E-state index contributed by atoms with van der Waals surface area (Å²) in [7, 11) is 2.11. The third kappa shape index (κ3) is 4.10. The lowest BCUT2D eigenvalue weighted by Crippen LogP contribution is -2.20. The molecule has 4 nitrogen and oxygen atoms in total. The van der Waals surface area contributed by atoms with Gasteiger partial charge in [-0.1, -0.05) is 31.2 Å². The van der Waals surface area contributed by atoms with E-state index in [9.17, 15) is 0 Å². The van der Waals surface area contributed by atoms with E-state index >= 15 is 0 Å². The van der Waals surface area contributed by atoms with Crippen LogP contribution in [0.15, 0.2) is 30.3 Å². The molecule has 0 bridgehead atoms. The molecule has 0 atom stereocenters. The lowest BCUT2D eigenvalue weighted by Gasteiger charge is -2.15. The minimum Gasteiger partial charge on any atom is -0.382 e. The molecule has 102 valence electrons. The molecule has 3 N–H and O–H groups in total. The number of likely N-dealkylation sites (N-methyl/N-ethyl adjacent to an activating group) is 1. The van der Waals surface area contributed by atoms with Crippen molar-refractivity contribution in [3.05, 3.63) is 47.2 Å². The van der Waals surface area contributed by atoms with Crippen LogP contribution in [0, 0.1) is 0 Å². The van der Waals surface area contributed by atoms with Crippen molar-refractivity contribution >= 4 is 5.82 Å². The number of nitrogens with two attached hydrogens (primary N) is 1. The second-order valence-electron chi connectivity index (χ2n) is 4.98. The van der Waals surface area contributed by atoms with E-state index in [1.54, 1.807) is 0 Å². The van der Waals surface area contributed by atoms with E-state index in [1.165, 1.54) is 11.1 Å². The number of benzene rings is 1. The van der Waals surface area contributed by atoms with Crippen molar-refractivity contribution in [2.75, 3.05) is 19.3 Å². The van der Waals surface area contributed by atoms with Crippen molar-refractivity contribution < 1.29 is 0 Å². The van der Waals surface area contributed by atoms with E-state index in [2.05, 4.69) is 53.3 Å². The first kappa shape index (κ1) is 13.6. The number of nitrogens with one attached hydrogen (secondary N) is 1. The number of aromatic amines is 1. The number of H-pyrrole nitrogens is 1. The predicted octanol–water partition coefficient (Wildman–Crippen LogP) is 2.23. The fraction of sp³-hybridized carbons (Fsp3) is 0.400. The highest BCUT2D eigenvalue weighted by Gasteiger charge is 2.03. The Bertz CT molecular complexity index is 501. The van der Waals surface area contributed by atoms with Gasteiger partial charge in [0.1, 0.15) is 5.82 Å². The second-order valence-corrected chi connectivity index (χ2v) is 4.98. The summed E-state index contributed by atoms with van der Waals surface area (Å²) in [6.45, 7) is 4.04. The molecule has 0 spiro atoms. The van der Waals surface area contributed by atoms with Crippen LogP contribution in [-0.2, 0) is 19.4 Å². The molecule has 0 aliphatic rings. The standard InChI is InChI=1S/C15H22N4/c1-3-12-4-6-13(7-5-12)8-9-19(2)11-14-10-15(16)18-17-14/h4-7,10H,3,8-9,11H2,1-2H3,(H3,16,17,18). The summed E-state index contributed by atoms with van der Waals surface area (Å²) in [6.07, 6.45) is 2.16. The minimum atomic E-state index is 0.554. The smallest absolute Gasteiger partial charge is 0.145 e. The summed E-state index contributed by atoms with van der Waals surface area (Å²) in [4.78, 5) is 2.26. The molecule has 2 rings (SSSR count). The van der Waals surface area contributed by atoms with Crippen molar-refractivity contribution in [3.8, 4) is 0 Å². The molecule has 1 heterocycles. The summed E-state index contributed by atoms with van der Waals surface area (Å²) in [6, 6.07) is 10.8. The Labute approximate surface area is 114 Å². The monoisotopic (exact) mass is 258 g/mol. The van der Waals surface area contributed by atoms with E-state index in [1.807, 2.05) is 6.07 Å². The van der Waals surface area contributed by atoms with Gasteiger partial charge in [-0.2, -0.15) is 5.10 Å². The van der Waals surface area contributed by atoms with Gasteiger partial charge in [-0.25, -0.2) is 0 Å². The third-order valence-electron chi connectivity index (χ3n) is 3.30. The van der Waals surface area contributed by atoms with Crippen LogP contribution in [0.5, 0.6) is 0 Å². The number of hydrogen-bond acceptors (Lipinski definition) is 3. The molecular weight excluding hydrogens is 236 g/mol. The van der Waals surface area contributed by atoms with Gasteiger partial charge in [0.15, 0.2) is 0 Å². The SMILES string of the molecule is CCc1ccc(CCN(C)Cc2cc(N)n[nH]2)cc1. The van der Waals surface area contributed by atoms with Crippen LogP contribution in [0.25, 0.3) is 0 Å². The Balaban J connectivity index is 1.80. The van der Waals surface area contributed by atoms with Gasteiger partial charge in [-0.05, 0) is 31.0 Å². The van der Waals surface area contributed by atoms with Crippen LogP contribution in [0.1, 0.15) is 23.7 Å². The minimum absolute atomic E-state index is 0.554. The van der Waals surface area contributed by atoms with E-state index in [-0.39, 0.29) is 0 Å². The quantitative estimate of drug-likeness (QED) is 0.835. The maximum atomic E-state index is 5.59. The van der Waals surface area contributed by atoms with Crippen LogP contribution in [0.2, 0.25) is 0 Å². The maximum Gasteiger partial charge on any atom is 0.145 e. The highest BCUT2D eigenvalue weighted by molar-refractivity contribution is 5.28. The zero-order valence-electron chi connectivity index (χ0n) is 11.7. The van der Waals surface area contributed by atoms with Crippen molar-refractivity contribution in [3.63, 3.8) is 0 Å². The van der Waals surface area contributed by atoms with Crippen molar-refractivity contribution in [2.45, 2.75) is 26.3 Å². The number of nitrogens with zero attached hydrogens (tertiary/aromatic N) is 2. The fourth-order valence-electron chi connectivity index (χ4n) is 2.09. The van der Waals surface area contributed by atoms with Crippen molar-refractivity contribution in [1.29, 1.82) is 0 Å². The van der Waals surface area contributed by atoms with Gasteiger partial charge in [0.05, 0.1) is 5.69 Å². The van der Waals surface area contributed by atoms with Gasteiger partial charge < -0.3 is 10.6 Å². The normalized spacial score (nSPS) is 11.1. The van der Waals surface area contributed by atoms with Crippen LogP contribution in [0.4, 0.5) is 5.82 Å². The van der Waals surface area contributed by atoms with Gasteiger partial charge in [-0.3, -0.25) is 5.10 Å². The summed E-state index contributed by atoms with van der Waals surface area (Å²) in [5.74, 6) is 0.554. The van der Waals surface area contributed by atoms with Crippen LogP contribution in [-0.4, -0.2) is 28.7 Å². The zero-order valence-corrected chi connectivity index (χ0v) is 11.7. The molecule has 0 aliphatic heterocycles. The number of nitrogen functional groups attached to an aromatic ring is 1. The lowest BCUT2D eigenvalue weighted by atomic mass is 10.1. The first-order valence-electron chi connectivity index (χ1n) is 6.73. The van der Waals surface area contributed by atoms with Crippen LogP contribution >= 0.6 is 0 Å². The Morgan fingerprint density at radius 3 is 2.47 bits per heavy atom. The Morgan fingerprint density at radius 1 is 1.21 bits per heavy atom. The first-order valence-corrected chi connectivity index (χ1v) is 6.73. The number of hydrogen-bond donors (Lipinski definition) is 2. The van der Waals surface area contributed by atoms with Gasteiger partial charge in [-0.15, -0.1) is 0 Å². The largest absolute Gasteiger partial charge is 0.382 e. The maximum absolute atomic E-state index is 5.59. The summed E-state index contributed by atoms with van der Waals surface area (Å²) in [5.41, 5.74) is 9.42. The molecule has 0 saturated heterocycles. The molecule has 0 fully saturated rings. The fourth-order valence-corrected chi connectivity index (χ4v) is 2.09. The highest BCUT2D eigenvalue weighted by Crippen LogP contribution is 2.08.